The number of amides is 2. The Morgan fingerprint density at radius 1 is 1.02 bits per heavy atom. The minimum atomic E-state index is -5.24. The van der Waals surface area contributed by atoms with E-state index in [1.165, 1.54) is 6.07 Å². The number of anilines is 1. The minimum Gasteiger partial charge on any atom is -0.434 e. The molecule has 1 saturated heterocycles. The maximum Gasteiger partial charge on any atom is 0.573 e. The lowest BCUT2D eigenvalue weighted by Gasteiger charge is -2.31. The third-order valence-corrected chi connectivity index (χ3v) is 9.23. The van der Waals surface area contributed by atoms with Crippen LogP contribution in [-0.4, -0.2) is 74.1 Å². The first-order valence-electron chi connectivity index (χ1n) is 15.0. The number of aliphatic hydroxyl groups is 1. The standard InChI is InChI=1S/C32H32F7N3O7S/c1-19(2)16-41(50(46,47)23-11-12-27(24(33)15-23)49-32(37,38)39)17-26(43)25(13-20-7-4-3-5-8-20)40-29(44)28-18-42(30(45)48-28)22-10-6-9-21(14-22)31(34,35)36/h3-12,14-15,19,25-26,28,43H,13,16-18H2,1-2H3,(H,40,44)/t25-,26+,28-/m0/s1. The first-order valence-corrected chi connectivity index (χ1v) is 16.4. The number of ether oxygens (including phenoxy) is 2. The molecule has 0 saturated carbocycles. The zero-order valence-electron chi connectivity index (χ0n) is 26.4. The van der Waals surface area contributed by atoms with Crippen LogP contribution in [0.15, 0.2) is 77.7 Å². The highest BCUT2D eigenvalue weighted by atomic mass is 32.2. The number of benzene rings is 3. The highest BCUT2D eigenvalue weighted by Gasteiger charge is 2.40. The summed E-state index contributed by atoms with van der Waals surface area (Å²) in [5.41, 5.74) is -0.618. The monoisotopic (exact) mass is 735 g/mol. The van der Waals surface area contributed by atoms with Gasteiger partial charge in [-0.05, 0) is 54.3 Å². The maximum atomic E-state index is 14.5. The zero-order chi connectivity index (χ0) is 37.0. The first kappa shape index (κ1) is 38.4. The van der Waals surface area contributed by atoms with Crippen LogP contribution in [0.3, 0.4) is 0 Å². The lowest BCUT2D eigenvalue weighted by Crippen LogP contribution is -2.53. The Morgan fingerprint density at radius 2 is 1.70 bits per heavy atom. The van der Waals surface area contributed by atoms with Gasteiger partial charge in [-0.2, -0.15) is 17.5 Å². The number of rotatable bonds is 13. The second-order valence-electron chi connectivity index (χ2n) is 11.8. The van der Waals surface area contributed by atoms with Crippen LogP contribution in [0.2, 0.25) is 0 Å². The van der Waals surface area contributed by atoms with Crippen LogP contribution in [0.25, 0.3) is 0 Å². The molecule has 18 heteroatoms. The number of carbonyl (C=O) groups excluding carboxylic acids is 2. The molecule has 0 unspecified atom stereocenters. The first-order chi connectivity index (χ1) is 23.2. The molecular weight excluding hydrogens is 703 g/mol. The quantitative estimate of drug-likeness (QED) is 0.222. The molecule has 1 aliphatic heterocycles. The van der Waals surface area contributed by atoms with E-state index in [2.05, 4.69) is 10.1 Å². The van der Waals surface area contributed by atoms with Crippen LogP contribution in [0.4, 0.5) is 41.2 Å². The van der Waals surface area contributed by atoms with E-state index in [1.807, 2.05) is 0 Å². The Kier molecular flexibility index (Phi) is 11.7. The smallest absolute Gasteiger partial charge is 0.434 e. The molecule has 2 N–H and O–H groups in total. The van der Waals surface area contributed by atoms with Crippen molar-refractivity contribution in [1.29, 1.82) is 0 Å². The number of aliphatic hydroxyl groups excluding tert-OH is 1. The number of nitrogens with one attached hydrogen (secondary N) is 1. The zero-order valence-corrected chi connectivity index (χ0v) is 27.2. The van der Waals surface area contributed by atoms with Gasteiger partial charge >= 0.3 is 18.6 Å². The molecule has 0 spiro atoms. The summed E-state index contributed by atoms with van der Waals surface area (Å²) in [5, 5.41) is 14.0. The Bertz CT molecular complexity index is 1770. The highest BCUT2D eigenvalue weighted by molar-refractivity contribution is 7.89. The second kappa shape index (κ2) is 15.2. The maximum absolute atomic E-state index is 14.5. The van der Waals surface area contributed by atoms with E-state index in [4.69, 9.17) is 4.74 Å². The average molecular weight is 736 g/mol. The lowest BCUT2D eigenvalue weighted by atomic mass is 10.0. The fourth-order valence-electron chi connectivity index (χ4n) is 5.10. The molecule has 0 aliphatic carbocycles. The molecule has 0 radical (unpaired) electrons. The van der Waals surface area contributed by atoms with E-state index in [9.17, 15) is 53.8 Å². The van der Waals surface area contributed by atoms with Crippen molar-refractivity contribution in [3.05, 3.63) is 89.7 Å². The normalized spacial score (nSPS) is 16.8. The largest absolute Gasteiger partial charge is 0.573 e. The number of hydrogen-bond donors (Lipinski definition) is 2. The number of sulfonamides is 1. The summed E-state index contributed by atoms with van der Waals surface area (Å²) < 4.78 is 129. The number of carbonyl (C=O) groups is 2. The second-order valence-corrected chi connectivity index (χ2v) is 13.7. The summed E-state index contributed by atoms with van der Waals surface area (Å²) in [5.74, 6) is -4.16. The average Bonchev–Trinajstić information content (AvgIpc) is 3.42. The van der Waals surface area contributed by atoms with Crippen LogP contribution in [-0.2, 0) is 32.2 Å². The van der Waals surface area contributed by atoms with E-state index < -0.39 is 87.9 Å². The molecule has 2 amide bonds. The lowest BCUT2D eigenvalue weighted by molar-refractivity contribution is -0.275. The predicted molar refractivity (Wildman–Crippen MR) is 164 cm³/mol. The summed E-state index contributed by atoms with van der Waals surface area (Å²) in [6.07, 6.45) is -14.3. The van der Waals surface area contributed by atoms with Crippen LogP contribution >= 0.6 is 0 Å². The highest BCUT2D eigenvalue weighted by Crippen LogP contribution is 2.33. The topological polar surface area (TPSA) is 125 Å². The molecule has 1 aliphatic rings. The molecule has 1 fully saturated rings. The number of nitrogens with zero attached hydrogens (tertiary/aromatic N) is 2. The minimum absolute atomic E-state index is 0.0700. The Morgan fingerprint density at radius 3 is 2.30 bits per heavy atom. The Labute approximate surface area is 282 Å². The Balaban J connectivity index is 1.57. The van der Waals surface area contributed by atoms with E-state index >= 15 is 0 Å². The third kappa shape index (κ3) is 9.85. The van der Waals surface area contributed by atoms with Gasteiger partial charge in [0.2, 0.25) is 10.0 Å². The molecule has 3 aromatic rings. The summed E-state index contributed by atoms with van der Waals surface area (Å²) in [7, 11) is -4.66. The molecule has 4 rings (SSSR count). The molecule has 3 atom stereocenters. The van der Waals surface area contributed by atoms with Crippen LogP contribution in [0.1, 0.15) is 25.0 Å². The fraction of sp³-hybridized carbons (Fsp3) is 0.375. The van der Waals surface area contributed by atoms with Crippen molar-refractivity contribution >= 4 is 27.7 Å². The van der Waals surface area contributed by atoms with Gasteiger partial charge in [-0.15, -0.1) is 13.2 Å². The number of alkyl halides is 6. The van der Waals surface area contributed by atoms with E-state index in [0.29, 0.717) is 23.8 Å². The van der Waals surface area contributed by atoms with Gasteiger partial charge in [0.25, 0.3) is 5.91 Å². The van der Waals surface area contributed by atoms with Crippen LogP contribution < -0.4 is 15.0 Å². The number of hydrogen-bond acceptors (Lipinski definition) is 7. The summed E-state index contributed by atoms with van der Waals surface area (Å²) in [4.78, 5) is 26.1. The molecule has 50 heavy (non-hydrogen) atoms. The van der Waals surface area contributed by atoms with Gasteiger partial charge in [0.05, 0.1) is 29.1 Å². The number of cyclic esters (lactones) is 1. The van der Waals surface area contributed by atoms with E-state index in [-0.39, 0.29) is 24.6 Å². The van der Waals surface area contributed by atoms with Gasteiger partial charge in [-0.1, -0.05) is 50.2 Å². The third-order valence-electron chi connectivity index (χ3n) is 7.41. The predicted octanol–water partition coefficient (Wildman–Crippen LogP) is 5.50. The van der Waals surface area contributed by atoms with Crippen LogP contribution in [0.5, 0.6) is 5.75 Å². The molecule has 1 heterocycles. The molecule has 3 aromatic carbocycles. The van der Waals surface area contributed by atoms with Crippen molar-refractivity contribution in [1.82, 2.24) is 9.62 Å². The van der Waals surface area contributed by atoms with E-state index in [0.717, 1.165) is 27.4 Å². The number of halogens is 7. The van der Waals surface area contributed by atoms with Gasteiger partial charge in [0.1, 0.15) is 0 Å². The summed E-state index contributed by atoms with van der Waals surface area (Å²) >= 11 is 0. The van der Waals surface area contributed by atoms with Gasteiger partial charge in [-0.3, -0.25) is 9.69 Å². The fourth-order valence-corrected chi connectivity index (χ4v) is 6.73. The van der Waals surface area contributed by atoms with Crippen molar-refractivity contribution < 1.29 is 63.3 Å². The van der Waals surface area contributed by atoms with Crippen molar-refractivity contribution in [2.45, 2.75) is 56.0 Å². The Hall–Kier alpha value is -4.42. The van der Waals surface area contributed by atoms with Crippen molar-refractivity contribution in [3.63, 3.8) is 0 Å². The van der Waals surface area contributed by atoms with Gasteiger partial charge in [-0.25, -0.2) is 17.6 Å². The van der Waals surface area contributed by atoms with Gasteiger partial charge in [0, 0.05) is 18.8 Å². The van der Waals surface area contributed by atoms with Crippen molar-refractivity contribution in [3.8, 4) is 5.75 Å². The van der Waals surface area contributed by atoms with Crippen molar-refractivity contribution in [2.75, 3.05) is 24.5 Å². The van der Waals surface area contributed by atoms with Crippen LogP contribution in [0, 0.1) is 11.7 Å². The van der Waals surface area contributed by atoms with Gasteiger partial charge in [0.15, 0.2) is 17.7 Å². The molecule has 0 bridgehead atoms. The molecule has 10 nitrogen and oxygen atoms in total. The van der Waals surface area contributed by atoms with Gasteiger partial charge < -0.3 is 19.9 Å². The molecular formula is C32H32F7N3O7S. The van der Waals surface area contributed by atoms with E-state index in [1.54, 1.807) is 44.2 Å². The summed E-state index contributed by atoms with van der Waals surface area (Å²) in [6.45, 7) is 1.89. The SMILES string of the molecule is CC(C)CN(C[C@@H](O)[C@H](Cc1ccccc1)NC(=O)[C@@H]1CN(c2cccc(C(F)(F)F)c2)C(=O)O1)S(=O)(=O)c1ccc(OC(F)(F)F)c(F)c1. The summed E-state index contributed by atoms with van der Waals surface area (Å²) in [6, 6.07) is 12.5. The molecule has 0 aromatic heterocycles. The van der Waals surface area contributed by atoms with Crippen molar-refractivity contribution in [2.24, 2.45) is 5.92 Å². The molecule has 272 valence electrons.